The predicted molar refractivity (Wildman–Crippen MR) is 82.7 cm³/mol. The molecule has 0 radical (unpaired) electrons. The SMILES string of the molecule is Cn1cc(CN2CCCN(C(=O)c3ccc(Cl)o3)CC2)cn1. The van der Waals surface area contributed by atoms with Crippen LogP contribution in [0.4, 0.5) is 0 Å². The summed E-state index contributed by atoms with van der Waals surface area (Å²) in [4.78, 5) is 16.6. The van der Waals surface area contributed by atoms with Gasteiger partial charge >= 0.3 is 0 Å². The molecule has 1 saturated heterocycles. The van der Waals surface area contributed by atoms with E-state index in [1.165, 1.54) is 5.56 Å². The molecule has 3 rings (SSSR count). The average Bonchev–Trinajstić information content (AvgIpc) is 3.02. The molecule has 22 heavy (non-hydrogen) atoms. The maximum absolute atomic E-state index is 12.4. The fourth-order valence-electron chi connectivity index (χ4n) is 2.73. The van der Waals surface area contributed by atoms with Gasteiger partial charge in [0.2, 0.25) is 0 Å². The summed E-state index contributed by atoms with van der Waals surface area (Å²) in [5, 5.41) is 4.44. The summed E-state index contributed by atoms with van der Waals surface area (Å²) in [7, 11) is 1.92. The highest BCUT2D eigenvalue weighted by atomic mass is 35.5. The molecule has 2 aromatic rings. The highest BCUT2D eigenvalue weighted by molar-refractivity contribution is 6.29. The Morgan fingerprint density at radius 3 is 2.86 bits per heavy atom. The van der Waals surface area contributed by atoms with E-state index in [2.05, 4.69) is 10.00 Å². The lowest BCUT2D eigenvalue weighted by molar-refractivity contribution is 0.0729. The molecule has 1 aliphatic heterocycles. The van der Waals surface area contributed by atoms with Crippen LogP contribution in [0.3, 0.4) is 0 Å². The molecule has 0 spiro atoms. The summed E-state index contributed by atoms with van der Waals surface area (Å²) in [5.41, 5.74) is 1.19. The number of hydrogen-bond donors (Lipinski definition) is 0. The minimum atomic E-state index is -0.0878. The molecule has 3 heterocycles. The van der Waals surface area contributed by atoms with Gasteiger partial charge in [-0.15, -0.1) is 0 Å². The fourth-order valence-corrected chi connectivity index (χ4v) is 2.88. The Hall–Kier alpha value is -1.79. The van der Waals surface area contributed by atoms with Crippen LogP contribution < -0.4 is 0 Å². The second kappa shape index (κ2) is 6.54. The van der Waals surface area contributed by atoms with Crippen LogP contribution in [0, 0.1) is 0 Å². The van der Waals surface area contributed by atoms with Crippen molar-refractivity contribution in [2.45, 2.75) is 13.0 Å². The van der Waals surface area contributed by atoms with Crippen molar-refractivity contribution in [3.05, 3.63) is 41.1 Å². The van der Waals surface area contributed by atoms with Crippen molar-refractivity contribution in [3.8, 4) is 0 Å². The quantitative estimate of drug-likeness (QED) is 0.867. The third kappa shape index (κ3) is 3.51. The van der Waals surface area contributed by atoms with E-state index < -0.39 is 0 Å². The number of furan rings is 1. The first-order chi connectivity index (χ1) is 10.6. The van der Waals surface area contributed by atoms with Crippen LogP contribution >= 0.6 is 11.6 Å². The largest absolute Gasteiger partial charge is 0.440 e. The Kier molecular flexibility index (Phi) is 4.49. The molecule has 0 N–H and O–H groups in total. The van der Waals surface area contributed by atoms with Crippen molar-refractivity contribution in [2.75, 3.05) is 26.2 Å². The topological polar surface area (TPSA) is 54.5 Å². The number of nitrogens with zero attached hydrogens (tertiary/aromatic N) is 4. The van der Waals surface area contributed by atoms with E-state index in [1.807, 2.05) is 29.0 Å². The van der Waals surface area contributed by atoms with Gasteiger partial charge in [-0.1, -0.05) is 0 Å². The lowest BCUT2D eigenvalue weighted by Crippen LogP contribution is -2.34. The summed E-state index contributed by atoms with van der Waals surface area (Å²) in [6.07, 6.45) is 4.86. The molecule has 0 unspecified atom stereocenters. The molecule has 1 fully saturated rings. The van der Waals surface area contributed by atoms with Crippen molar-refractivity contribution in [2.24, 2.45) is 7.05 Å². The van der Waals surface area contributed by atoms with Gasteiger partial charge in [-0.05, 0) is 30.2 Å². The second-order valence-electron chi connectivity index (χ2n) is 5.55. The minimum absolute atomic E-state index is 0.0878. The number of aromatic nitrogens is 2. The van der Waals surface area contributed by atoms with E-state index in [1.54, 1.807) is 12.1 Å². The summed E-state index contributed by atoms with van der Waals surface area (Å²) >= 11 is 5.74. The number of amides is 1. The van der Waals surface area contributed by atoms with Crippen LogP contribution in [0.2, 0.25) is 5.22 Å². The second-order valence-corrected chi connectivity index (χ2v) is 5.92. The first-order valence-corrected chi connectivity index (χ1v) is 7.74. The zero-order valence-electron chi connectivity index (χ0n) is 12.5. The van der Waals surface area contributed by atoms with Gasteiger partial charge in [0.25, 0.3) is 5.91 Å². The molecule has 0 aromatic carbocycles. The van der Waals surface area contributed by atoms with Gasteiger partial charge in [0.05, 0.1) is 6.20 Å². The molecule has 6 nitrogen and oxygen atoms in total. The average molecular weight is 323 g/mol. The minimum Gasteiger partial charge on any atom is -0.440 e. The highest BCUT2D eigenvalue weighted by Gasteiger charge is 2.22. The summed E-state index contributed by atoms with van der Waals surface area (Å²) in [5.74, 6) is 0.223. The molecular formula is C15H19ClN4O2. The Balaban J connectivity index is 1.58. The zero-order chi connectivity index (χ0) is 15.5. The Morgan fingerprint density at radius 1 is 1.32 bits per heavy atom. The van der Waals surface area contributed by atoms with Crippen LogP contribution in [-0.2, 0) is 13.6 Å². The van der Waals surface area contributed by atoms with Crippen molar-refractivity contribution < 1.29 is 9.21 Å². The van der Waals surface area contributed by atoms with Gasteiger partial charge in [0.1, 0.15) is 0 Å². The summed E-state index contributed by atoms with van der Waals surface area (Å²) in [6.45, 7) is 4.10. The molecule has 7 heteroatoms. The number of carbonyl (C=O) groups is 1. The molecular weight excluding hydrogens is 304 g/mol. The van der Waals surface area contributed by atoms with E-state index in [-0.39, 0.29) is 11.1 Å². The molecule has 1 amide bonds. The van der Waals surface area contributed by atoms with Crippen LogP contribution in [-0.4, -0.2) is 51.7 Å². The van der Waals surface area contributed by atoms with Crippen LogP contribution in [0.1, 0.15) is 22.5 Å². The molecule has 2 aromatic heterocycles. The summed E-state index contributed by atoms with van der Waals surface area (Å²) < 4.78 is 7.02. The van der Waals surface area contributed by atoms with Crippen molar-refractivity contribution in [3.63, 3.8) is 0 Å². The lowest BCUT2D eigenvalue weighted by atomic mass is 10.3. The maximum Gasteiger partial charge on any atom is 0.289 e. The zero-order valence-corrected chi connectivity index (χ0v) is 13.3. The molecule has 1 aliphatic rings. The Morgan fingerprint density at radius 2 is 2.18 bits per heavy atom. The van der Waals surface area contributed by atoms with Gasteiger partial charge in [-0.2, -0.15) is 5.10 Å². The van der Waals surface area contributed by atoms with Crippen molar-refractivity contribution in [1.82, 2.24) is 19.6 Å². The van der Waals surface area contributed by atoms with Gasteiger partial charge in [-0.3, -0.25) is 14.4 Å². The molecule has 0 atom stereocenters. The smallest absolute Gasteiger partial charge is 0.289 e. The number of halogens is 1. The third-order valence-electron chi connectivity index (χ3n) is 3.82. The summed E-state index contributed by atoms with van der Waals surface area (Å²) in [6, 6.07) is 3.23. The number of rotatable bonds is 3. The first kappa shape index (κ1) is 15.1. The number of hydrogen-bond acceptors (Lipinski definition) is 4. The third-order valence-corrected chi connectivity index (χ3v) is 4.03. The van der Waals surface area contributed by atoms with Gasteiger partial charge < -0.3 is 9.32 Å². The van der Waals surface area contributed by atoms with Crippen molar-refractivity contribution >= 4 is 17.5 Å². The molecule has 0 bridgehead atoms. The van der Waals surface area contributed by atoms with E-state index in [9.17, 15) is 4.79 Å². The van der Waals surface area contributed by atoms with Gasteiger partial charge in [0, 0.05) is 51.5 Å². The van der Waals surface area contributed by atoms with Gasteiger partial charge in [0.15, 0.2) is 11.0 Å². The predicted octanol–water partition coefficient (Wildman–Crippen LogP) is 2.01. The first-order valence-electron chi connectivity index (χ1n) is 7.36. The van der Waals surface area contributed by atoms with E-state index >= 15 is 0 Å². The van der Waals surface area contributed by atoms with E-state index in [0.29, 0.717) is 12.3 Å². The standard InChI is InChI=1S/C15H19ClN4O2/c1-18-10-12(9-17-18)11-19-5-2-6-20(8-7-19)15(21)13-3-4-14(16)22-13/h3-4,9-10H,2,5-8,11H2,1H3. The highest BCUT2D eigenvalue weighted by Crippen LogP contribution is 2.16. The van der Waals surface area contributed by atoms with Crippen LogP contribution in [0.15, 0.2) is 28.9 Å². The fraction of sp³-hybridized carbons (Fsp3) is 0.467. The monoisotopic (exact) mass is 322 g/mol. The number of aryl methyl sites for hydroxylation is 1. The normalized spacial score (nSPS) is 16.7. The van der Waals surface area contributed by atoms with Gasteiger partial charge in [-0.25, -0.2) is 0 Å². The Labute approximate surface area is 134 Å². The van der Waals surface area contributed by atoms with E-state index in [4.69, 9.17) is 16.0 Å². The number of carbonyl (C=O) groups excluding carboxylic acids is 1. The molecule has 118 valence electrons. The molecule has 0 aliphatic carbocycles. The van der Waals surface area contributed by atoms with E-state index in [0.717, 1.165) is 32.6 Å². The Bertz CT molecular complexity index is 652. The van der Waals surface area contributed by atoms with Crippen LogP contribution in [0.25, 0.3) is 0 Å². The molecule has 0 saturated carbocycles. The lowest BCUT2D eigenvalue weighted by Gasteiger charge is -2.20. The van der Waals surface area contributed by atoms with Crippen LogP contribution in [0.5, 0.6) is 0 Å². The van der Waals surface area contributed by atoms with Crippen molar-refractivity contribution in [1.29, 1.82) is 0 Å². The maximum atomic E-state index is 12.4.